The highest BCUT2D eigenvalue weighted by molar-refractivity contribution is 5.96. The summed E-state index contributed by atoms with van der Waals surface area (Å²) in [6.07, 6.45) is -0.745. The monoisotopic (exact) mass is 443 g/mol. The van der Waals surface area contributed by atoms with Crippen LogP contribution in [0.15, 0.2) is 48.5 Å². The molecule has 32 heavy (non-hydrogen) atoms. The number of aliphatic hydroxyl groups excluding tert-OH is 1. The first-order valence-corrected chi connectivity index (χ1v) is 10.7. The SMILES string of the molecule is CC(=O)c1ccc(NC(=O)CN2CCN(C[C@H](O)COc3ccccc3F)[C@@H](C)C2)cc1. The molecule has 7 nitrogen and oxygen atoms in total. The lowest BCUT2D eigenvalue weighted by molar-refractivity contribution is -0.118. The van der Waals surface area contributed by atoms with Gasteiger partial charge in [0.1, 0.15) is 12.7 Å². The average molecular weight is 444 g/mol. The van der Waals surface area contributed by atoms with Gasteiger partial charge in [-0.25, -0.2) is 4.39 Å². The summed E-state index contributed by atoms with van der Waals surface area (Å²) in [4.78, 5) is 28.0. The van der Waals surface area contributed by atoms with Gasteiger partial charge in [0.2, 0.25) is 5.91 Å². The molecule has 1 aliphatic heterocycles. The number of ether oxygens (including phenoxy) is 1. The Kier molecular flexibility index (Phi) is 8.33. The van der Waals surface area contributed by atoms with Crippen LogP contribution in [0.2, 0.25) is 0 Å². The van der Waals surface area contributed by atoms with Crippen LogP contribution in [0.5, 0.6) is 5.75 Å². The van der Waals surface area contributed by atoms with Crippen molar-refractivity contribution >= 4 is 17.4 Å². The molecule has 2 atom stereocenters. The van der Waals surface area contributed by atoms with Crippen molar-refractivity contribution in [2.45, 2.75) is 26.0 Å². The highest BCUT2D eigenvalue weighted by Crippen LogP contribution is 2.16. The van der Waals surface area contributed by atoms with Crippen LogP contribution in [0.4, 0.5) is 10.1 Å². The zero-order valence-electron chi connectivity index (χ0n) is 18.5. The zero-order chi connectivity index (χ0) is 23.1. The molecule has 2 aromatic carbocycles. The highest BCUT2D eigenvalue weighted by atomic mass is 19.1. The standard InChI is InChI=1S/C24H30FN3O4/c1-17-13-27(15-24(31)26-20-9-7-19(8-10-20)18(2)29)11-12-28(17)14-21(30)16-32-23-6-4-3-5-22(23)25/h3-10,17,21,30H,11-16H2,1-2H3,(H,26,31)/t17-,21-/m0/s1. The van der Waals surface area contributed by atoms with E-state index in [0.717, 1.165) is 0 Å². The quantitative estimate of drug-likeness (QED) is 0.580. The number of hydrogen-bond acceptors (Lipinski definition) is 6. The van der Waals surface area contributed by atoms with E-state index in [2.05, 4.69) is 22.0 Å². The van der Waals surface area contributed by atoms with Gasteiger partial charge in [0, 0.05) is 43.5 Å². The summed E-state index contributed by atoms with van der Waals surface area (Å²) in [6.45, 7) is 6.35. The smallest absolute Gasteiger partial charge is 0.238 e. The Morgan fingerprint density at radius 1 is 1.19 bits per heavy atom. The lowest BCUT2D eigenvalue weighted by Crippen LogP contribution is -2.55. The summed E-state index contributed by atoms with van der Waals surface area (Å²) in [5.74, 6) is -0.445. The molecule has 0 aromatic heterocycles. The second-order valence-electron chi connectivity index (χ2n) is 8.16. The Bertz CT molecular complexity index is 922. The van der Waals surface area contributed by atoms with Gasteiger partial charge in [0.25, 0.3) is 0 Å². The number of Topliss-reactive ketones (excluding diaryl/α,β-unsaturated/α-hetero) is 1. The fourth-order valence-electron chi connectivity index (χ4n) is 3.75. The molecule has 0 saturated carbocycles. The third-order valence-electron chi connectivity index (χ3n) is 5.50. The van der Waals surface area contributed by atoms with Gasteiger partial charge >= 0.3 is 0 Å². The number of benzene rings is 2. The number of nitrogens with zero attached hydrogens (tertiary/aromatic N) is 2. The Labute approximate surface area is 187 Å². The zero-order valence-corrected chi connectivity index (χ0v) is 18.5. The molecule has 2 aromatic rings. The van der Waals surface area contributed by atoms with Gasteiger partial charge in [0.15, 0.2) is 17.3 Å². The first kappa shape index (κ1) is 23.8. The van der Waals surface area contributed by atoms with E-state index in [-0.39, 0.29) is 36.6 Å². The van der Waals surface area contributed by atoms with Crippen molar-refractivity contribution in [2.24, 2.45) is 0 Å². The topological polar surface area (TPSA) is 82.1 Å². The first-order valence-electron chi connectivity index (χ1n) is 10.7. The fourth-order valence-corrected chi connectivity index (χ4v) is 3.75. The second kappa shape index (κ2) is 11.2. The van der Waals surface area contributed by atoms with Crippen LogP contribution >= 0.6 is 0 Å². The van der Waals surface area contributed by atoms with Crippen LogP contribution in [-0.4, -0.2) is 78.1 Å². The summed E-state index contributed by atoms with van der Waals surface area (Å²) < 4.78 is 19.0. The van der Waals surface area contributed by atoms with Gasteiger partial charge in [0.05, 0.1) is 6.54 Å². The van der Waals surface area contributed by atoms with Gasteiger partial charge in [-0.3, -0.25) is 19.4 Å². The minimum atomic E-state index is -0.745. The molecule has 8 heteroatoms. The number of nitrogens with one attached hydrogen (secondary N) is 1. The Hall–Kier alpha value is -2.81. The molecule has 1 heterocycles. The van der Waals surface area contributed by atoms with E-state index < -0.39 is 11.9 Å². The molecular weight excluding hydrogens is 413 g/mol. The predicted octanol–water partition coefficient (Wildman–Crippen LogP) is 2.41. The van der Waals surface area contributed by atoms with E-state index in [9.17, 15) is 19.1 Å². The van der Waals surface area contributed by atoms with Crippen LogP contribution in [0.25, 0.3) is 0 Å². The molecule has 1 fully saturated rings. The molecule has 172 valence electrons. The number of para-hydroxylation sites is 1. The lowest BCUT2D eigenvalue weighted by atomic mass is 10.1. The highest BCUT2D eigenvalue weighted by Gasteiger charge is 2.26. The third kappa shape index (κ3) is 6.85. The van der Waals surface area contributed by atoms with Crippen molar-refractivity contribution < 1.29 is 23.8 Å². The molecule has 0 bridgehead atoms. The normalized spacial score (nSPS) is 18.2. The van der Waals surface area contributed by atoms with Crippen LogP contribution in [0.3, 0.4) is 0 Å². The number of anilines is 1. The average Bonchev–Trinajstić information content (AvgIpc) is 2.75. The molecule has 3 rings (SSSR count). The van der Waals surface area contributed by atoms with E-state index in [4.69, 9.17) is 4.74 Å². The minimum absolute atomic E-state index is 0.0126. The third-order valence-corrected chi connectivity index (χ3v) is 5.50. The number of ketones is 1. The molecule has 1 aliphatic rings. The predicted molar refractivity (Wildman–Crippen MR) is 120 cm³/mol. The lowest BCUT2D eigenvalue weighted by Gasteiger charge is -2.40. The maximum atomic E-state index is 13.6. The summed E-state index contributed by atoms with van der Waals surface area (Å²) in [6, 6.07) is 13.1. The Morgan fingerprint density at radius 3 is 2.56 bits per heavy atom. The van der Waals surface area contributed by atoms with E-state index in [1.807, 2.05) is 0 Å². The van der Waals surface area contributed by atoms with Crippen molar-refractivity contribution in [3.8, 4) is 5.75 Å². The van der Waals surface area contributed by atoms with Crippen molar-refractivity contribution in [2.75, 3.05) is 44.6 Å². The van der Waals surface area contributed by atoms with Gasteiger partial charge in [-0.05, 0) is 50.2 Å². The van der Waals surface area contributed by atoms with Crippen LogP contribution in [-0.2, 0) is 4.79 Å². The number of piperazine rings is 1. The number of halogens is 1. The number of rotatable bonds is 9. The van der Waals surface area contributed by atoms with Gasteiger partial charge < -0.3 is 15.2 Å². The number of hydrogen-bond donors (Lipinski definition) is 2. The van der Waals surface area contributed by atoms with E-state index in [1.54, 1.807) is 36.4 Å². The summed E-state index contributed by atoms with van der Waals surface area (Å²) in [7, 11) is 0. The maximum Gasteiger partial charge on any atom is 0.238 e. The van der Waals surface area contributed by atoms with Gasteiger partial charge in [-0.1, -0.05) is 12.1 Å². The molecule has 1 saturated heterocycles. The molecule has 0 radical (unpaired) electrons. The second-order valence-corrected chi connectivity index (χ2v) is 8.16. The summed E-state index contributed by atoms with van der Waals surface area (Å²) in [5, 5.41) is 13.2. The van der Waals surface area contributed by atoms with E-state index in [1.165, 1.54) is 19.1 Å². The Balaban J connectivity index is 1.40. The first-order chi connectivity index (χ1) is 15.3. The number of aliphatic hydroxyl groups is 1. The fraction of sp³-hybridized carbons (Fsp3) is 0.417. The van der Waals surface area contributed by atoms with Crippen molar-refractivity contribution in [3.63, 3.8) is 0 Å². The number of carbonyl (C=O) groups excluding carboxylic acids is 2. The van der Waals surface area contributed by atoms with E-state index in [0.29, 0.717) is 37.4 Å². The van der Waals surface area contributed by atoms with Crippen LogP contribution < -0.4 is 10.1 Å². The molecule has 2 N–H and O–H groups in total. The van der Waals surface area contributed by atoms with Crippen LogP contribution in [0.1, 0.15) is 24.2 Å². The molecule has 1 amide bonds. The molecule has 0 aliphatic carbocycles. The van der Waals surface area contributed by atoms with Crippen molar-refractivity contribution in [1.29, 1.82) is 0 Å². The number of amides is 1. The number of carbonyl (C=O) groups is 2. The molecular formula is C24H30FN3O4. The van der Waals surface area contributed by atoms with E-state index >= 15 is 0 Å². The summed E-state index contributed by atoms with van der Waals surface area (Å²) in [5.41, 5.74) is 1.26. The van der Waals surface area contributed by atoms with Crippen molar-refractivity contribution in [1.82, 2.24) is 9.80 Å². The summed E-state index contributed by atoms with van der Waals surface area (Å²) >= 11 is 0. The van der Waals surface area contributed by atoms with Gasteiger partial charge in [-0.15, -0.1) is 0 Å². The van der Waals surface area contributed by atoms with Gasteiger partial charge in [-0.2, -0.15) is 0 Å². The van der Waals surface area contributed by atoms with Crippen LogP contribution in [0, 0.1) is 5.82 Å². The largest absolute Gasteiger partial charge is 0.488 e. The minimum Gasteiger partial charge on any atom is -0.488 e. The number of β-amino-alcohol motifs (C(OH)–C–C–N with tert-alkyl or cyclic N) is 1. The molecule has 0 unspecified atom stereocenters. The molecule has 0 spiro atoms. The van der Waals surface area contributed by atoms with Crippen molar-refractivity contribution in [3.05, 3.63) is 59.9 Å². The Morgan fingerprint density at radius 2 is 1.91 bits per heavy atom. The maximum absolute atomic E-state index is 13.6.